The Bertz CT molecular complexity index is 1150. The fourth-order valence-corrected chi connectivity index (χ4v) is 4.27. The Labute approximate surface area is 179 Å². The molecule has 31 heavy (non-hydrogen) atoms. The van der Waals surface area contributed by atoms with E-state index in [9.17, 15) is 9.59 Å². The summed E-state index contributed by atoms with van der Waals surface area (Å²) < 4.78 is 11.0. The van der Waals surface area contributed by atoms with E-state index < -0.39 is 12.0 Å². The number of hydrogen-bond acceptors (Lipinski definition) is 5. The van der Waals surface area contributed by atoms with Gasteiger partial charge in [0.15, 0.2) is 11.5 Å². The third-order valence-electron chi connectivity index (χ3n) is 5.82. The van der Waals surface area contributed by atoms with Crippen molar-refractivity contribution in [1.82, 2.24) is 15.2 Å². The number of aromatic nitrogens is 1. The topological polar surface area (TPSA) is 80.8 Å². The van der Waals surface area contributed by atoms with E-state index in [0.29, 0.717) is 23.6 Å². The highest BCUT2D eigenvalue weighted by atomic mass is 16.7. The smallest absolute Gasteiger partial charge is 0.254 e. The number of nitrogens with zero attached hydrogens (tertiary/aromatic N) is 2. The Kier molecular flexibility index (Phi) is 4.78. The first-order valence-corrected chi connectivity index (χ1v) is 10.1. The SMILES string of the molecule is CN1C(=O)c2ccccc2C(C(=O)NCc2ccncc2)C1c1ccc2c(c1)OCO2. The van der Waals surface area contributed by atoms with Crippen molar-refractivity contribution in [2.75, 3.05) is 13.8 Å². The lowest BCUT2D eigenvalue weighted by atomic mass is 9.79. The molecular formula is C24H21N3O4. The Morgan fingerprint density at radius 1 is 1.10 bits per heavy atom. The number of likely N-dealkylation sites (N-methyl/N-ethyl adjacent to an activating group) is 1. The van der Waals surface area contributed by atoms with Gasteiger partial charge in [-0.05, 0) is 47.0 Å². The van der Waals surface area contributed by atoms with Gasteiger partial charge in [-0.3, -0.25) is 14.6 Å². The van der Waals surface area contributed by atoms with E-state index in [1.807, 2.05) is 48.5 Å². The molecule has 2 unspecified atom stereocenters. The Morgan fingerprint density at radius 2 is 1.87 bits per heavy atom. The van der Waals surface area contributed by atoms with Crippen LogP contribution in [-0.4, -0.2) is 35.5 Å². The standard InChI is InChI=1S/C24H21N3O4/c1-27-22(16-6-7-19-20(12-16)31-14-30-19)21(17-4-2-3-5-18(17)24(27)29)23(28)26-13-15-8-10-25-11-9-15/h2-12,21-22H,13-14H2,1H3,(H,26,28). The van der Waals surface area contributed by atoms with E-state index in [-0.39, 0.29) is 18.6 Å². The summed E-state index contributed by atoms with van der Waals surface area (Å²) in [6.45, 7) is 0.544. The number of carbonyl (C=O) groups is 2. The van der Waals surface area contributed by atoms with Gasteiger partial charge in [0.25, 0.3) is 5.91 Å². The second-order valence-corrected chi connectivity index (χ2v) is 7.61. The molecule has 0 aliphatic carbocycles. The number of ether oxygens (including phenoxy) is 2. The largest absolute Gasteiger partial charge is 0.454 e. The zero-order chi connectivity index (χ0) is 21.4. The van der Waals surface area contributed by atoms with E-state index in [1.165, 1.54) is 0 Å². The number of fused-ring (bicyclic) bond motifs is 2. The summed E-state index contributed by atoms with van der Waals surface area (Å²) in [4.78, 5) is 32.2. The van der Waals surface area contributed by atoms with Gasteiger partial charge < -0.3 is 19.7 Å². The van der Waals surface area contributed by atoms with Crippen LogP contribution in [0, 0.1) is 0 Å². The number of pyridine rings is 1. The van der Waals surface area contributed by atoms with Crippen molar-refractivity contribution in [2.45, 2.75) is 18.5 Å². The lowest BCUT2D eigenvalue weighted by Crippen LogP contribution is -2.45. The van der Waals surface area contributed by atoms with Gasteiger partial charge in [-0.2, -0.15) is 0 Å². The number of carbonyl (C=O) groups excluding carboxylic acids is 2. The van der Waals surface area contributed by atoms with Crippen molar-refractivity contribution >= 4 is 11.8 Å². The van der Waals surface area contributed by atoms with Crippen LogP contribution in [0.2, 0.25) is 0 Å². The van der Waals surface area contributed by atoms with E-state index >= 15 is 0 Å². The fraction of sp³-hybridized carbons (Fsp3) is 0.208. The number of amides is 2. The van der Waals surface area contributed by atoms with Gasteiger partial charge in [0.2, 0.25) is 12.7 Å². The van der Waals surface area contributed by atoms with Crippen LogP contribution < -0.4 is 14.8 Å². The van der Waals surface area contributed by atoms with Crippen molar-refractivity contribution in [3.05, 3.63) is 89.2 Å². The molecule has 1 N–H and O–H groups in total. The molecule has 5 rings (SSSR count). The highest BCUT2D eigenvalue weighted by Gasteiger charge is 2.42. The van der Waals surface area contributed by atoms with Gasteiger partial charge in [-0.25, -0.2) is 0 Å². The third-order valence-corrected chi connectivity index (χ3v) is 5.82. The molecule has 0 saturated carbocycles. The molecule has 2 aliphatic heterocycles. The molecule has 156 valence electrons. The first kappa shape index (κ1) is 19.1. The minimum atomic E-state index is -0.568. The molecule has 0 fully saturated rings. The zero-order valence-corrected chi connectivity index (χ0v) is 16.9. The molecule has 0 bridgehead atoms. The second-order valence-electron chi connectivity index (χ2n) is 7.61. The molecule has 0 radical (unpaired) electrons. The first-order valence-electron chi connectivity index (χ1n) is 10.1. The van der Waals surface area contributed by atoms with Gasteiger partial charge in [0.1, 0.15) is 0 Å². The summed E-state index contributed by atoms with van der Waals surface area (Å²) in [7, 11) is 1.73. The van der Waals surface area contributed by atoms with Gasteiger partial charge >= 0.3 is 0 Å². The third kappa shape index (κ3) is 3.38. The van der Waals surface area contributed by atoms with Gasteiger partial charge in [-0.1, -0.05) is 24.3 Å². The van der Waals surface area contributed by atoms with Crippen molar-refractivity contribution in [3.8, 4) is 11.5 Å². The summed E-state index contributed by atoms with van der Waals surface area (Å²) in [6.07, 6.45) is 3.39. The molecule has 2 aromatic carbocycles. The average Bonchev–Trinajstić information content (AvgIpc) is 3.28. The fourth-order valence-electron chi connectivity index (χ4n) is 4.27. The van der Waals surface area contributed by atoms with Crippen LogP contribution in [0.4, 0.5) is 0 Å². The van der Waals surface area contributed by atoms with Crippen molar-refractivity contribution in [1.29, 1.82) is 0 Å². The molecule has 7 nitrogen and oxygen atoms in total. The van der Waals surface area contributed by atoms with Gasteiger partial charge in [0.05, 0.1) is 12.0 Å². The summed E-state index contributed by atoms with van der Waals surface area (Å²) in [6, 6.07) is 16.1. The molecule has 1 aromatic heterocycles. The zero-order valence-electron chi connectivity index (χ0n) is 16.9. The van der Waals surface area contributed by atoms with Gasteiger partial charge in [0, 0.05) is 31.5 Å². The van der Waals surface area contributed by atoms with E-state index in [2.05, 4.69) is 10.3 Å². The maximum atomic E-state index is 13.5. The highest BCUT2D eigenvalue weighted by molar-refractivity contribution is 6.01. The van der Waals surface area contributed by atoms with Crippen LogP contribution in [0.25, 0.3) is 0 Å². The summed E-state index contributed by atoms with van der Waals surface area (Å²) in [5.41, 5.74) is 3.04. The van der Waals surface area contributed by atoms with E-state index in [1.54, 1.807) is 30.4 Å². The van der Waals surface area contributed by atoms with Crippen molar-refractivity contribution < 1.29 is 19.1 Å². The molecule has 3 heterocycles. The maximum Gasteiger partial charge on any atom is 0.254 e. The van der Waals surface area contributed by atoms with Crippen LogP contribution >= 0.6 is 0 Å². The van der Waals surface area contributed by atoms with E-state index in [0.717, 1.165) is 16.7 Å². The number of rotatable bonds is 4. The second kappa shape index (κ2) is 7.75. The minimum absolute atomic E-state index is 0.114. The van der Waals surface area contributed by atoms with Crippen LogP contribution in [-0.2, 0) is 11.3 Å². The first-order chi connectivity index (χ1) is 15.1. The predicted molar refractivity (Wildman–Crippen MR) is 113 cm³/mol. The predicted octanol–water partition coefficient (Wildman–Crippen LogP) is 3.04. The summed E-state index contributed by atoms with van der Waals surface area (Å²) in [5, 5.41) is 3.04. The van der Waals surface area contributed by atoms with Gasteiger partial charge in [-0.15, -0.1) is 0 Å². The molecule has 2 atom stereocenters. The quantitative estimate of drug-likeness (QED) is 0.709. The molecule has 0 saturated heterocycles. The average molecular weight is 415 g/mol. The van der Waals surface area contributed by atoms with Crippen LogP contribution in [0.3, 0.4) is 0 Å². The number of hydrogen-bond donors (Lipinski definition) is 1. The normalized spacial score (nSPS) is 19.1. The van der Waals surface area contributed by atoms with Crippen LogP contribution in [0.1, 0.15) is 39.0 Å². The molecule has 3 aromatic rings. The molecule has 2 amide bonds. The van der Waals surface area contributed by atoms with Crippen LogP contribution in [0.15, 0.2) is 67.0 Å². The molecule has 0 spiro atoms. The summed E-state index contributed by atoms with van der Waals surface area (Å²) in [5.74, 6) is 0.449. The summed E-state index contributed by atoms with van der Waals surface area (Å²) >= 11 is 0. The number of nitrogens with one attached hydrogen (secondary N) is 1. The Hall–Kier alpha value is -3.87. The van der Waals surface area contributed by atoms with Crippen molar-refractivity contribution in [2.24, 2.45) is 0 Å². The molecule has 2 aliphatic rings. The number of benzene rings is 2. The molecule has 7 heteroatoms. The monoisotopic (exact) mass is 415 g/mol. The Morgan fingerprint density at radius 3 is 2.71 bits per heavy atom. The molecular weight excluding hydrogens is 394 g/mol. The maximum absolute atomic E-state index is 13.5. The van der Waals surface area contributed by atoms with Crippen molar-refractivity contribution in [3.63, 3.8) is 0 Å². The lowest BCUT2D eigenvalue weighted by Gasteiger charge is -2.39. The lowest BCUT2D eigenvalue weighted by molar-refractivity contribution is -0.124. The van der Waals surface area contributed by atoms with Crippen LogP contribution in [0.5, 0.6) is 11.5 Å². The van der Waals surface area contributed by atoms with E-state index in [4.69, 9.17) is 9.47 Å². The highest BCUT2D eigenvalue weighted by Crippen LogP contribution is 2.44. The Balaban J connectivity index is 1.54. The minimum Gasteiger partial charge on any atom is -0.454 e.